The van der Waals surface area contributed by atoms with Gasteiger partial charge in [-0.25, -0.2) is 0 Å². The highest BCUT2D eigenvalue weighted by Gasteiger charge is 2.35. The Morgan fingerprint density at radius 3 is 2.07 bits per heavy atom. The quantitative estimate of drug-likeness (QED) is 0.506. The van der Waals surface area contributed by atoms with Crippen molar-refractivity contribution in [3.05, 3.63) is 71.3 Å². The minimum absolute atomic E-state index is 0. The van der Waals surface area contributed by atoms with Crippen molar-refractivity contribution in [1.29, 1.82) is 0 Å². The highest BCUT2D eigenvalue weighted by molar-refractivity contribution is 6.21. The van der Waals surface area contributed by atoms with Gasteiger partial charge in [-0.1, -0.05) is 61.7 Å². The first-order chi connectivity index (χ1) is 14.2. The predicted octanol–water partition coefficient (Wildman–Crippen LogP) is 4.17. The fourth-order valence-corrected chi connectivity index (χ4v) is 4.54. The molecule has 5 nitrogen and oxygen atoms in total. The van der Waals surface area contributed by atoms with Crippen LogP contribution < -0.4 is 5.32 Å². The van der Waals surface area contributed by atoms with E-state index in [0.29, 0.717) is 24.3 Å². The molecule has 1 N–H and O–H groups in total. The van der Waals surface area contributed by atoms with E-state index in [1.807, 2.05) is 0 Å². The Bertz CT molecular complexity index is 831. The van der Waals surface area contributed by atoms with Crippen LogP contribution in [-0.4, -0.2) is 43.0 Å². The van der Waals surface area contributed by atoms with Crippen molar-refractivity contribution in [3.8, 4) is 0 Å². The van der Waals surface area contributed by atoms with Crippen LogP contribution in [0, 0.1) is 0 Å². The number of halogens is 1. The second kappa shape index (κ2) is 10.2. The van der Waals surface area contributed by atoms with Gasteiger partial charge in [0.05, 0.1) is 30.9 Å². The number of carbonyl (C=O) groups is 2. The fourth-order valence-electron chi connectivity index (χ4n) is 4.54. The van der Waals surface area contributed by atoms with Crippen molar-refractivity contribution < 1.29 is 14.3 Å². The van der Waals surface area contributed by atoms with Crippen LogP contribution in [0.4, 0.5) is 0 Å². The maximum atomic E-state index is 12.4. The first-order valence-electron chi connectivity index (χ1n) is 10.5. The molecule has 0 atom stereocenters. The number of fused-ring (bicyclic) bond motifs is 1. The van der Waals surface area contributed by atoms with E-state index in [4.69, 9.17) is 4.74 Å². The molecule has 1 saturated carbocycles. The molecule has 2 aromatic carbocycles. The summed E-state index contributed by atoms with van der Waals surface area (Å²) in [6, 6.07) is 17.7. The highest BCUT2D eigenvalue weighted by atomic mass is 35.5. The van der Waals surface area contributed by atoms with Crippen molar-refractivity contribution in [2.45, 2.75) is 37.6 Å². The van der Waals surface area contributed by atoms with Crippen molar-refractivity contribution in [3.63, 3.8) is 0 Å². The Balaban J connectivity index is 0.00000256. The number of nitrogens with zero attached hydrogens (tertiary/aromatic N) is 1. The van der Waals surface area contributed by atoms with Gasteiger partial charge in [0.2, 0.25) is 0 Å². The molecule has 1 fully saturated rings. The number of benzene rings is 2. The molecular formula is C24H29ClN2O3. The molecule has 0 bridgehead atoms. The number of amides is 2. The summed E-state index contributed by atoms with van der Waals surface area (Å²) in [5, 5.41) is 3.74. The molecule has 4 rings (SSSR count). The van der Waals surface area contributed by atoms with Crippen molar-refractivity contribution in [2.75, 3.05) is 26.3 Å². The summed E-state index contributed by atoms with van der Waals surface area (Å²) in [6.45, 7) is 1.94. The first-order valence-corrected chi connectivity index (χ1v) is 10.5. The largest absolute Gasteiger partial charge is 0.378 e. The normalized spacial score (nSPS) is 17.5. The Labute approximate surface area is 184 Å². The second-order valence-electron chi connectivity index (χ2n) is 7.86. The Kier molecular flexibility index (Phi) is 7.64. The van der Waals surface area contributed by atoms with Crippen molar-refractivity contribution in [1.82, 2.24) is 10.2 Å². The third-order valence-electron chi connectivity index (χ3n) is 6.08. The van der Waals surface area contributed by atoms with Gasteiger partial charge in [0.25, 0.3) is 11.8 Å². The molecule has 6 heteroatoms. The zero-order valence-corrected chi connectivity index (χ0v) is 18.0. The minimum atomic E-state index is -0.224. The van der Waals surface area contributed by atoms with E-state index >= 15 is 0 Å². The zero-order valence-electron chi connectivity index (χ0n) is 17.1. The smallest absolute Gasteiger partial charge is 0.261 e. The average molecular weight is 429 g/mol. The van der Waals surface area contributed by atoms with Crippen LogP contribution in [0.25, 0.3) is 0 Å². The van der Waals surface area contributed by atoms with Crippen LogP contribution in [0.1, 0.15) is 58.4 Å². The Morgan fingerprint density at radius 1 is 0.833 bits per heavy atom. The van der Waals surface area contributed by atoms with Gasteiger partial charge >= 0.3 is 0 Å². The molecule has 2 aromatic rings. The van der Waals surface area contributed by atoms with Crippen LogP contribution in [0.15, 0.2) is 54.6 Å². The van der Waals surface area contributed by atoms with E-state index in [1.54, 1.807) is 24.3 Å². The molecule has 30 heavy (non-hydrogen) atoms. The molecule has 1 aliphatic heterocycles. The van der Waals surface area contributed by atoms with Gasteiger partial charge in [0.15, 0.2) is 0 Å². The van der Waals surface area contributed by atoms with Crippen molar-refractivity contribution in [2.24, 2.45) is 0 Å². The summed E-state index contributed by atoms with van der Waals surface area (Å²) in [5.74, 6) is -0.449. The van der Waals surface area contributed by atoms with Gasteiger partial charge in [0, 0.05) is 12.1 Å². The van der Waals surface area contributed by atoms with Gasteiger partial charge in [-0.2, -0.15) is 0 Å². The van der Waals surface area contributed by atoms with E-state index in [-0.39, 0.29) is 36.3 Å². The summed E-state index contributed by atoms with van der Waals surface area (Å²) in [7, 11) is 0. The summed E-state index contributed by atoms with van der Waals surface area (Å²) in [4.78, 5) is 26.0. The monoisotopic (exact) mass is 428 g/mol. The van der Waals surface area contributed by atoms with Crippen LogP contribution >= 0.6 is 12.4 Å². The standard InChI is InChI=1S/C24H28N2O3.ClH/c27-22-20-11-5-6-12-21(20)23(28)26(22)16-18-29-17-15-25-24(13-7-2-8-14-24)19-9-3-1-4-10-19;/h1,3-6,9-12,25H,2,7-8,13-18H2;1H. The number of ether oxygens (including phenoxy) is 1. The number of carbonyl (C=O) groups excluding carboxylic acids is 2. The summed E-state index contributed by atoms with van der Waals surface area (Å²) in [5.41, 5.74) is 2.36. The molecule has 160 valence electrons. The number of imide groups is 1. The lowest BCUT2D eigenvalue weighted by Crippen LogP contribution is -2.45. The van der Waals surface area contributed by atoms with E-state index in [2.05, 4.69) is 35.6 Å². The maximum Gasteiger partial charge on any atom is 0.261 e. The molecule has 0 aromatic heterocycles. The lowest BCUT2D eigenvalue weighted by atomic mass is 9.76. The highest BCUT2D eigenvalue weighted by Crippen LogP contribution is 2.36. The maximum absolute atomic E-state index is 12.4. The molecule has 0 saturated heterocycles. The van der Waals surface area contributed by atoms with E-state index in [0.717, 1.165) is 19.4 Å². The molecule has 1 aliphatic carbocycles. The van der Waals surface area contributed by atoms with Gasteiger partial charge < -0.3 is 10.1 Å². The van der Waals surface area contributed by atoms with Crippen molar-refractivity contribution >= 4 is 24.2 Å². The third-order valence-corrected chi connectivity index (χ3v) is 6.08. The lowest BCUT2D eigenvalue weighted by molar-refractivity contribution is 0.0557. The van der Waals surface area contributed by atoms with Crippen LogP contribution in [-0.2, 0) is 10.3 Å². The third kappa shape index (κ3) is 4.59. The second-order valence-corrected chi connectivity index (χ2v) is 7.86. The zero-order chi connectivity index (χ0) is 20.1. The lowest BCUT2D eigenvalue weighted by Gasteiger charge is -2.39. The summed E-state index contributed by atoms with van der Waals surface area (Å²) < 4.78 is 5.75. The molecule has 2 aliphatic rings. The predicted molar refractivity (Wildman–Crippen MR) is 119 cm³/mol. The van der Waals surface area contributed by atoms with E-state index < -0.39 is 0 Å². The number of rotatable bonds is 8. The molecule has 2 amide bonds. The Hall–Kier alpha value is -2.21. The average Bonchev–Trinajstić information content (AvgIpc) is 3.02. The summed E-state index contributed by atoms with van der Waals surface area (Å²) in [6.07, 6.45) is 6.07. The molecule has 0 spiro atoms. The fraction of sp³-hybridized carbons (Fsp3) is 0.417. The molecule has 0 radical (unpaired) electrons. The number of hydrogen-bond donors (Lipinski definition) is 1. The Morgan fingerprint density at radius 2 is 1.43 bits per heavy atom. The van der Waals surface area contributed by atoms with Gasteiger partial charge in [-0.05, 0) is 30.5 Å². The first kappa shape index (κ1) is 22.5. The van der Waals surface area contributed by atoms with Gasteiger partial charge in [0.1, 0.15) is 0 Å². The number of nitrogens with one attached hydrogen (secondary N) is 1. The molecule has 1 heterocycles. The van der Waals surface area contributed by atoms with Crippen LogP contribution in [0.5, 0.6) is 0 Å². The van der Waals surface area contributed by atoms with Gasteiger partial charge in [-0.15, -0.1) is 12.4 Å². The van der Waals surface area contributed by atoms with E-state index in [1.165, 1.54) is 29.7 Å². The SMILES string of the molecule is Cl.O=C1c2ccccc2C(=O)N1CCOCCNC1(c2ccccc2)CCCCC1. The number of hydrogen-bond acceptors (Lipinski definition) is 4. The summed E-state index contributed by atoms with van der Waals surface area (Å²) >= 11 is 0. The van der Waals surface area contributed by atoms with Gasteiger partial charge in [-0.3, -0.25) is 14.5 Å². The molecular weight excluding hydrogens is 400 g/mol. The topological polar surface area (TPSA) is 58.6 Å². The van der Waals surface area contributed by atoms with Crippen LogP contribution in [0.3, 0.4) is 0 Å². The van der Waals surface area contributed by atoms with Crippen LogP contribution in [0.2, 0.25) is 0 Å². The van der Waals surface area contributed by atoms with E-state index in [9.17, 15) is 9.59 Å². The minimum Gasteiger partial charge on any atom is -0.378 e. The molecule has 0 unspecified atom stereocenters.